The monoisotopic (exact) mass is 248 g/mol. The SMILES string of the molecule is CC(C)(C)OC(=O)CN1C(=O)Cc2cccnc21. The van der Waals surface area contributed by atoms with Crippen LogP contribution in [-0.2, 0) is 20.7 Å². The lowest BCUT2D eigenvalue weighted by Gasteiger charge is -2.22. The molecule has 0 fully saturated rings. The molecule has 0 aromatic carbocycles. The molecular weight excluding hydrogens is 232 g/mol. The number of carbonyl (C=O) groups excluding carboxylic acids is 2. The molecule has 0 saturated carbocycles. The van der Waals surface area contributed by atoms with Crippen LogP contribution in [0.25, 0.3) is 0 Å². The minimum absolute atomic E-state index is 0.0832. The normalized spacial score (nSPS) is 14.6. The Morgan fingerprint density at radius 1 is 1.50 bits per heavy atom. The third-order valence-corrected chi connectivity index (χ3v) is 2.47. The van der Waals surface area contributed by atoms with Crippen LogP contribution in [0.15, 0.2) is 18.3 Å². The lowest BCUT2D eigenvalue weighted by molar-refractivity contribution is -0.153. The van der Waals surface area contributed by atoms with Crippen molar-refractivity contribution in [1.82, 2.24) is 4.98 Å². The number of aromatic nitrogens is 1. The molecule has 1 amide bonds. The van der Waals surface area contributed by atoms with Crippen LogP contribution in [-0.4, -0.2) is 29.0 Å². The van der Waals surface area contributed by atoms with Gasteiger partial charge < -0.3 is 4.74 Å². The lowest BCUT2D eigenvalue weighted by atomic mass is 10.2. The van der Waals surface area contributed by atoms with Crippen molar-refractivity contribution >= 4 is 17.7 Å². The molecule has 0 unspecified atom stereocenters. The predicted molar refractivity (Wildman–Crippen MR) is 66.1 cm³/mol. The molecule has 1 aliphatic rings. The number of carbonyl (C=O) groups is 2. The number of pyridine rings is 1. The van der Waals surface area contributed by atoms with Gasteiger partial charge in [-0.3, -0.25) is 14.5 Å². The molecule has 0 atom stereocenters. The average molecular weight is 248 g/mol. The fourth-order valence-electron chi connectivity index (χ4n) is 1.85. The van der Waals surface area contributed by atoms with Gasteiger partial charge in [0.25, 0.3) is 0 Å². The molecule has 2 rings (SSSR count). The summed E-state index contributed by atoms with van der Waals surface area (Å²) in [7, 11) is 0. The zero-order valence-electron chi connectivity index (χ0n) is 10.8. The number of fused-ring (bicyclic) bond motifs is 1. The van der Waals surface area contributed by atoms with E-state index in [0.29, 0.717) is 12.2 Å². The van der Waals surface area contributed by atoms with Gasteiger partial charge in [0, 0.05) is 11.8 Å². The lowest BCUT2D eigenvalue weighted by Crippen LogP contribution is -2.37. The Kier molecular flexibility index (Phi) is 3.07. The number of hydrogen-bond acceptors (Lipinski definition) is 4. The van der Waals surface area contributed by atoms with Crippen molar-refractivity contribution in [2.75, 3.05) is 11.4 Å². The maximum atomic E-state index is 11.8. The summed E-state index contributed by atoms with van der Waals surface area (Å²) in [6, 6.07) is 3.62. The van der Waals surface area contributed by atoms with E-state index in [2.05, 4.69) is 4.98 Å². The summed E-state index contributed by atoms with van der Waals surface area (Å²) < 4.78 is 5.20. The van der Waals surface area contributed by atoms with Gasteiger partial charge in [-0.15, -0.1) is 0 Å². The zero-order chi connectivity index (χ0) is 13.3. The number of esters is 1. The van der Waals surface area contributed by atoms with Crippen LogP contribution in [0.1, 0.15) is 26.3 Å². The van der Waals surface area contributed by atoms with E-state index in [1.165, 1.54) is 4.90 Å². The van der Waals surface area contributed by atoms with Gasteiger partial charge in [0.15, 0.2) is 0 Å². The summed E-state index contributed by atoms with van der Waals surface area (Å²) in [5, 5.41) is 0. The molecule has 1 aliphatic heterocycles. The van der Waals surface area contributed by atoms with Gasteiger partial charge >= 0.3 is 5.97 Å². The van der Waals surface area contributed by atoms with Crippen LogP contribution in [0.3, 0.4) is 0 Å². The molecule has 0 radical (unpaired) electrons. The number of ether oxygens (including phenoxy) is 1. The van der Waals surface area contributed by atoms with E-state index >= 15 is 0 Å². The summed E-state index contributed by atoms with van der Waals surface area (Å²) in [6.45, 7) is 5.30. The molecule has 5 heteroatoms. The molecular formula is C13H16N2O3. The van der Waals surface area contributed by atoms with E-state index in [0.717, 1.165) is 5.56 Å². The molecule has 96 valence electrons. The maximum absolute atomic E-state index is 11.8. The van der Waals surface area contributed by atoms with E-state index in [1.807, 2.05) is 6.07 Å². The van der Waals surface area contributed by atoms with Gasteiger partial charge in [-0.1, -0.05) is 6.07 Å². The minimum Gasteiger partial charge on any atom is -0.459 e. The quantitative estimate of drug-likeness (QED) is 0.740. The van der Waals surface area contributed by atoms with Crippen molar-refractivity contribution in [2.45, 2.75) is 32.8 Å². The Morgan fingerprint density at radius 3 is 2.89 bits per heavy atom. The third-order valence-electron chi connectivity index (χ3n) is 2.47. The standard InChI is InChI=1S/C13H16N2O3/c1-13(2,3)18-11(17)8-15-10(16)7-9-5-4-6-14-12(9)15/h4-6H,7-8H2,1-3H3. The first-order chi connectivity index (χ1) is 8.37. The molecule has 0 spiro atoms. The summed E-state index contributed by atoms with van der Waals surface area (Å²) in [5.74, 6) is 0.0253. The van der Waals surface area contributed by atoms with Gasteiger partial charge in [0.2, 0.25) is 5.91 Å². The van der Waals surface area contributed by atoms with E-state index in [4.69, 9.17) is 4.74 Å². The van der Waals surface area contributed by atoms with Crippen LogP contribution in [0.2, 0.25) is 0 Å². The summed E-state index contributed by atoms with van der Waals surface area (Å²) in [5.41, 5.74) is 0.304. The van der Waals surface area contributed by atoms with E-state index in [9.17, 15) is 9.59 Å². The molecule has 1 aromatic heterocycles. The Bertz CT molecular complexity index is 491. The number of nitrogens with zero attached hydrogens (tertiary/aromatic N) is 2. The second kappa shape index (κ2) is 4.40. The molecule has 18 heavy (non-hydrogen) atoms. The molecule has 0 saturated heterocycles. The highest BCUT2D eigenvalue weighted by Gasteiger charge is 2.31. The van der Waals surface area contributed by atoms with Crippen molar-refractivity contribution in [1.29, 1.82) is 0 Å². The number of amides is 1. The average Bonchev–Trinajstić information content (AvgIpc) is 2.53. The first-order valence-electron chi connectivity index (χ1n) is 5.83. The number of rotatable bonds is 2. The summed E-state index contributed by atoms with van der Waals surface area (Å²) in [4.78, 5) is 29.1. The molecule has 0 aliphatic carbocycles. The van der Waals surface area contributed by atoms with Crippen molar-refractivity contribution in [2.24, 2.45) is 0 Å². The maximum Gasteiger partial charge on any atom is 0.326 e. The Morgan fingerprint density at radius 2 is 2.22 bits per heavy atom. The predicted octanol–water partition coefficient (Wildman–Crippen LogP) is 1.31. The van der Waals surface area contributed by atoms with Crippen LogP contribution < -0.4 is 4.90 Å². The topological polar surface area (TPSA) is 59.5 Å². The van der Waals surface area contributed by atoms with Gasteiger partial charge in [-0.05, 0) is 26.8 Å². The smallest absolute Gasteiger partial charge is 0.326 e. The number of hydrogen-bond donors (Lipinski definition) is 0. The van der Waals surface area contributed by atoms with Crippen molar-refractivity contribution < 1.29 is 14.3 Å². The third kappa shape index (κ3) is 2.67. The highest BCUT2D eigenvalue weighted by molar-refractivity contribution is 6.03. The molecule has 5 nitrogen and oxygen atoms in total. The van der Waals surface area contributed by atoms with Gasteiger partial charge in [-0.2, -0.15) is 0 Å². The molecule has 0 bridgehead atoms. The van der Waals surface area contributed by atoms with E-state index in [1.54, 1.807) is 33.0 Å². The van der Waals surface area contributed by atoms with Crippen LogP contribution in [0.4, 0.5) is 5.82 Å². The van der Waals surface area contributed by atoms with Gasteiger partial charge in [0.1, 0.15) is 18.0 Å². The first-order valence-corrected chi connectivity index (χ1v) is 5.83. The molecule has 1 aromatic rings. The second-order valence-corrected chi connectivity index (χ2v) is 5.23. The van der Waals surface area contributed by atoms with Crippen molar-refractivity contribution in [3.63, 3.8) is 0 Å². The van der Waals surface area contributed by atoms with E-state index < -0.39 is 11.6 Å². The van der Waals surface area contributed by atoms with Crippen LogP contribution in [0, 0.1) is 0 Å². The first kappa shape index (κ1) is 12.5. The second-order valence-electron chi connectivity index (χ2n) is 5.23. The Balaban J connectivity index is 2.11. The Labute approximate surface area is 106 Å². The largest absolute Gasteiger partial charge is 0.459 e. The van der Waals surface area contributed by atoms with E-state index in [-0.39, 0.29) is 12.5 Å². The number of anilines is 1. The van der Waals surface area contributed by atoms with Crippen molar-refractivity contribution in [3.05, 3.63) is 23.9 Å². The highest BCUT2D eigenvalue weighted by Crippen LogP contribution is 2.25. The fourth-order valence-corrected chi connectivity index (χ4v) is 1.85. The minimum atomic E-state index is -0.549. The van der Waals surface area contributed by atoms with Crippen molar-refractivity contribution in [3.8, 4) is 0 Å². The van der Waals surface area contributed by atoms with Gasteiger partial charge in [0.05, 0.1) is 6.42 Å². The molecule has 0 N–H and O–H groups in total. The van der Waals surface area contributed by atoms with Crippen LogP contribution >= 0.6 is 0 Å². The summed E-state index contributed by atoms with van der Waals surface area (Å²) >= 11 is 0. The zero-order valence-corrected chi connectivity index (χ0v) is 10.8. The van der Waals surface area contributed by atoms with Crippen LogP contribution in [0.5, 0.6) is 0 Å². The molecule has 2 heterocycles. The Hall–Kier alpha value is -1.91. The highest BCUT2D eigenvalue weighted by atomic mass is 16.6. The summed E-state index contributed by atoms with van der Waals surface area (Å²) in [6.07, 6.45) is 1.91. The fraction of sp³-hybridized carbons (Fsp3) is 0.462. The van der Waals surface area contributed by atoms with Gasteiger partial charge in [-0.25, -0.2) is 4.98 Å².